The van der Waals surface area contributed by atoms with Crippen LogP contribution >= 0.6 is 0 Å². The van der Waals surface area contributed by atoms with Crippen molar-refractivity contribution in [3.8, 4) is 11.5 Å². The van der Waals surface area contributed by atoms with Crippen LogP contribution in [0.3, 0.4) is 0 Å². The summed E-state index contributed by atoms with van der Waals surface area (Å²) in [5, 5.41) is 6.11. The smallest absolute Gasteiger partial charge is 0.274 e. The Morgan fingerprint density at radius 3 is 2.34 bits per heavy atom. The maximum Gasteiger partial charge on any atom is 0.274 e. The van der Waals surface area contributed by atoms with Gasteiger partial charge in [0.2, 0.25) is 0 Å². The maximum atomic E-state index is 12.6. The molecule has 0 spiro atoms. The van der Waals surface area contributed by atoms with Gasteiger partial charge in [-0.3, -0.25) is 9.78 Å². The molecule has 0 bridgehead atoms. The number of carbonyl (C=O) groups is 1. The second kappa shape index (κ2) is 8.97. The lowest BCUT2D eigenvalue weighted by Gasteiger charge is -2.14. The molecule has 2 N–H and O–H groups in total. The number of amides is 1. The summed E-state index contributed by atoms with van der Waals surface area (Å²) in [4.78, 5) is 18.8. The van der Waals surface area contributed by atoms with Gasteiger partial charge in [-0.1, -0.05) is 0 Å². The lowest BCUT2D eigenvalue weighted by Crippen LogP contribution is -2.14. The van der Waals surface area contributed by atoms with Crippen molar-refractivity contribution >= 4 is 28.7 Å². The summed E-state index contributed by atoms with van der Waals surface area (Å²) in [7, 11) is 7.12. The molecule has 7 heteroatoms. The van der Waals surface area contributed by atoms with E-state index in [0.29, 0.717) is 22.9 Å². The van der Waals surface area contributed by atoms with Crippen LogP contribution in [0, 0.1) is 0 Å². The Labute approximate surface area is 170 Å². The van der Waals surface area contributed by atoms with Gasteiger partial charge in [0, 0.05) is 43.4 Å². The minimum atomic E-state index is -0.284. The van der Waals surface area contributed by atoms with Gasteiger partial charge in [0.05, 0.1) is 19.9 Å². The van der Waals surface area contributed by atoms with E-state index < -0.39 is 0 Å². The van der Waals surface area contributed by atoms with E-state index in [4.69, 9.17) is 9.47 Å². The van der Waals surface area contributed by atoms with Gasteiger partial charge in [0.25, 0.3) is 5.91 Å². The van der Waals surface area contributed by atoms with Crippen LogP contribution in [-0.4, -0.2) is 39.2 Å². The van der Waals surface area contributed by atoms with Crippen molar-refractivity contribution in [3.05, 3.63) is 66.5 Å². The van der Waals surface area contributed by atoms with Gasteiger partial charge in [-0.15, -0.1) is 0 Å². The van der Waals surface area contributed by atoms with Crippen molar-refractivity contribution in [2.75, 3.05) is 43.8 Å². The molecule has 0 fully saturated rings. The third kappa shape index (κ3) is 4.95. The molecule has 3 rings (SSSR count). The third-order valence-corrected chi connectivity index (χ3v) is 4.32. The van der Waals surface area contributed by atoms with Gasteiger partial charge in [-0.2, -0.15) is 0 Å². The van der Waals surface area contributed by atoms with Gasteiger partial charge in [-0.25, -0.2) is 0 Å². The van der Waals surface area contributed by atoms with Crippen LogP contribution in [0.15, 0.2) is 60.8 Å². The second-order valence-corrected chi connectivity index (χ2v) is 6.52. The first-order chi connectivity index (χ1) is 14.0. The Morgan fingerprint density at radius 2 is 1.69 bits per heavy atom. The zero-order chi connectivity index (χ0) is 20.8. The number of anilines is 4. The molecular formula is C22H24N4O3. The summed E-state index contributed by atoms with van der Waals surface area (Å²) >= 11 is 0. The second-order valence-electron chi connectivity index (χ2n) is 6.52. The first-order valence-corrected chi connectivity index (χ1v) is 9.04. The number of nitrogens with one attached hydrogen (secondary N) is 2. The molecule has 3 aromatic rings. The standard InChI is InChI=1S/C22H24N4O3/c1-26(2)17-7-5-15(6-8-17)25-22(27)20-13-16(11-12-23-20)24-19-10-9-18(28-3)14-21(19)29-4/h5-14H,1-4H3,(H,23,24)(H,25,27). The van der Waals surface area contributed by atoms with Gasteiger partial charge in [-0.05, 0) is 48.5 Å². The summed E-state index contributed by atoms with van der Waals surface area (Å²) in [6.45, 7) is 0. The quantitative estimate of drug-likeness (QED) is 0.629. The number of pyridine rings is 1. The Hall–Kier alpha value is -3.74. The number of carbonyl (C=O) groups excluding carboxylic acids is 1. The fourth-order valence-electron chi connectivity index (χ4n) is 2.73. The van der Waals surface area contributed by atoms with Crippen LogP contribution in [0.1, 0.15) is 10.5 Å². The van der Waals surface area contributed by atoms with E-state index in [9.17, 15) is 4.79 Å². The molecule has 0 aliphatic carbocycles. The van der Waals surface area contributed by atoms with E-state index in [2.05, 4.69) is 15.6 Å². The number of methoxy groups -OCH3 is 2. The van der Waals surface area contributed by atoms with Crippen molar-refractivity contribution < 1.29 is 14.3 Å². The fourth-order valence-corrected chi connectivity index (χ4v) is 2.73. The van der Waals surface area contributed by atoms with Crippen LogP contribution in [-0.2, 0) is 0 Å². The van der Waals surface area contributed by atoms with E-state index in [1.165, 1.54) is 0 Å². The summed E-state index contributed by atoms with van der Waals surface area (Å²) in [5.41, 5.74) is 3.54. The van der Waals surface area contributed by atoms with Crippen LogP contribution in [0.25, 0.3) is 0 Å². The van der Waals surface area contributed by atoms with E-state index in [0.717, 1.165) is 17.1 Å². The van der Waals surface area contributed by atoms with Crippen molar-refractivity contribution in [1.29, 1.82) is 0 Å². The first-order valence-electron chi connectivity index (χ1n) is 9.04. The Morgan fingerprint density at radius 1 is 0.931 bits per heavy atom. The minimum absolute atomic E-state index is 0.284. The van der Waals surface area contributed by atoms with Crippen molar-refractivity contribution in [2.24, 2.45) is 0 Å². The molecule has 0 aliphatic heterocycles. The molecule has 0 radical (unpaired) electrons. The minimum Gasteiger partial charge on any atom is -0.497 e. The maximum absolute atomic E-state index is 12.6. The Balaban J connectivity index is 1.74. The summed E-state index contributed by atoms with van der Waals surface area (Å²) in [5.74, 6) is 1.04. The van der Waals surface area contributed by atoms with Crippen LogP contribution in [0.5, 0.6) is 11.5 Å². The number of nitrogens with zero attached hydrogens (tertiary/aromatic N) is 2. The number of rotatable bonds is 7. The number of hydrogen-bond donors (Lipinski definition) is 2. The van der Waals surface area contributed by atoms with Crippen molar-refractivity contribution in [3.63, 3.8) is 0 Å². The van der Waals surface area contributed by atoms with Gasteiger partial charge < -0.3 is 25.0 Å². The van der Waals surface area contributed by atoms with E-state index >= 15 is 0 Å². The Kier molecular flexibility index (Phi) is 6.19. The van der Waals surface area contributed by atoms with E-state index in [1.54, 1.807) is 38.6 Å². The fraction of sp³-hybridized carbons (Fsp3) is 0.182. The molecule has 150 valence electrons. The van der Waals surface area contributed by atoms with Crippen molar-refractivity contribution in [2.45, 2.75) is 0 Å². The number of benzene rings is 2. The zero-order valence-corrected chi connectivity index (χ0v) is 16.9. The largest absolute Gasteiger partial charge is 0.497 e. The molecule has 0 saturated heterocycles. The molecule has 1 amide bonds. The number of aromatic nitrogens is 1. The monoisotopic (exact) mass is 392 g/mol. The van der Waals surface area contributed by atoms with Gasteiger partial charge in [0.1, 0.15) is 17.2 Å². The molecule has 7 nitrogen and oxygen atoms in total. The molecule has 0 aliphatic rings. The first kappa shape index (κ1) is 20.0. The molecule has 0 saturated carbocycles. The highest BCUT2D eigenvalue weighted by molar-refractivity contribution is 6.03. The molecule has 29 heavy (non-hydrogen) atoms. The summed E-state index contributed by atoms with van der Waals surface area (Å²) < 4.78 is 10.6. The predicted molar refractivity (Wildman–Crippen MR) is 116 cm³/mol. The van der Waals surface area contributed by atoms with E-state index in [-0.39, 0.29) is 5.91 Å². The Bertz CT molecular complexity index is 988. The molecule has 2 aromatic carbocycles. The van der Waals surface area contributed by atoms with E-state index in [1.807, 2.05) is 55.4 Å². The normalized spacial score (nSPS) is 10.2. The topological polar surface area (TPSA) is 75.7 Å². The van der Waals surface area contributed by atoms with Crippen LogP contribution < -0.4 is 25.0 Å². The number of hydrogen-bond acceptors (Lipinski definition) is 6. The van der Waals surface area contributed by atoms with Crippen LogP contribution in [0.2, 0.25) is 0 Å². The zero-order valence-electron chi connectivity index (χ0n) is 16.9. The van der Waals surface area contributed by atoms with Crippen molar-refractivity contribution in [1.82, 2.24) is 4.98 Å². The lowest BCUT2D eigenvalue weighted by atomic mass is 10.2. The molecule has 0 unspecified atom stereocenters. The molecule has 0 atom stereocenters. The number of ether oxygens (including phenoxy) is 2. The third-order valence-electron chi connectivity index (χ3n) is 4.32. The highest BCUT2D eigenvalue weighted by atomic mass is 16.5. The summed E-state index contributed by atoms with van der Waals surface area (Å²) in [6, 6.07) is 16.5. The summed E-state index contributed by atoms with van der Waals surface area (Å²) in [6.07, 6.45) is 1.59. The SMILES string of the molecule is COc1ccc(Nc2ccnc(C(=O)Nc3ccc(N(C)C)cc3)c2)c(OC)c1. The molecule has 1 heterocycles. The van der Waals surface area contributed by atoms with Gasteiger partial charge >= 0.3 is 0 Å². The molecule has 1 aromatic heterocycles. The molecular weight excluding hydrogens is 368 g/mol. The van der Waals surface area contributed by atoms with Crippen LogP contribution in [0.4, 0.5) is 22.7 Å². The average molecular weight is 392 g/mol. The lowest BCUT2D eigenvalue weighted by molar-refractivity contribution is 0.102. The highest BCUT2D eigenvalue weighted by Gasteiger charge is 2.11. The highest BCUT2D eigenvalue weighted by Crippen LogP contribution is 2.31. The predicted octanol–water partition coefficient (Wildman–Crippen LogP) is 4.16. The van der Waals surface area contributed by atoms with Gasteiger partial charge in [0.15, 0.2) is 0 Å². The average Bonchev–Trinajstić information content (AvgIpc) is 2.74.